The van der Waals surface area contributed by atoms with Crippen LogP contribution in [0.5, 0.6) is 0 Å². The molecule has 5 heteroatoms. The Balaban J connectivity index is 1.52. The van der Waals surface area contributed by atoms with Crippen LogP contribution in [-0.4, -0.2) is 43.2 Å². The fraction of sp³-hybridized carbons (Fsp3) is 0.652. The molecule has 0 bridgehead atoms. The molecule has 2 aromatic rings. The lowest BCUT2D eigenvalue weighted by molar-refractivity contribution is 0.309. The van der Waals surface area contributed by atoms with Crippen LogP contribution in [0.2, 0.25) is 0 Å². The summed E-state index contributed by atoms with van der Waals surface area (Å²) in [6, 6.07) is 8.71. The number of hydrogen-bond donors (Lipinski definition) is 2. The van der Waals surface area contributed by atoms with Gasteiger partial charge >= 0.3 is 0 Å². The molecule has 0 atom stereocenters. The lowest BCUT2D eigenvalue weighted by Crippen LogP contribution is -2.32. The smallest absolute Gasteiger partial charge is 0.225 e. The van der Waals surface area contributed by atoms with Crippen molar-refractivity contribution >= 4 is 22.7 Å². The second-order valence-electron chi connectivity index (χ2n) is 9.66. The minimum atomic E-state index is 0.417. The van der Waals surface area contributed by atoms with E-state index in [1.807, 2.05) is 26.2 Å². The van der Waals surface area contributed by atoms with Gasteiger partial charge < -0.3 is 15.5 Å². The van der Waals surface area contributed by atoms with E-state index in [4.69, 9.17) is 9.97 Å². The Morgan fingerprint density at radius 3 is 2.43 bits per heavy atom. The van der Waals surface area contributed by atoms with Gasteiger partial charge in [0.2, 0.25) is 5.95 Å². The zero-order chi connectivity index (χ0) is 20.1. The molecular weight excluding hydrogens is 346 g/mol. The molecule has 0 aliphatic heterocycles. The summed E-state index contributed by atoms with van der Waals surface area (Å²) in [4.78, 5) is 11.6. The van der Waals surface area contributed by atoms with E-state index in [-0.39, 0.29) is 0 Å². The predicted octanol–water partition coefficient (Wildman–Crippen LogP) is 4.69. The van der Waals surface area contributed by atoms with E-state index in [2.05, 4.69) is 48.4 Å². The van der Waals surface area contributed by atoms with Crippen molar-refractivity contribution in [1.82, 2.24) is 15.3 Å². The van der Waals surface area contributed by atoms with Crippen LogP contribution in [0.3, 0.4) is 0 Å². The van der Waals surface area contributed by atoms with Crippen LogP contribution in [0.1, 0.15) is 52.9 Å². The molecule has 1 aromatic carbocycles. The molecule has 0 radical (unpaired) electrons. The van der Waals surface area contributed by atoms with Gasteiger partial charge in [-0.05, 0) is 68.7 Å². The summed E-state index contributed by atoms with van der Waals surface area (Å²) < 4.78 is 0. The van der Waals surface area contributed by atoms with Crippen molar-refractivity contribution in [3.05, 3.63) is 24.3 Å². The standard InChI is InChI=1S/C23H37N5/c1-23(2,3)14-15-24-16-17-10-12-18(13-11-17)25-22-26-20-9-7-6-8-19(20)21(27-22)28(4)5/h6-9,17-18,24H,10-16H2,1-5H3,(H,25,26,27)/t17-,18+. The highest BCUT2D eigenvalue weighted by Gasteiger charge is 2.22. The van der Waals surface area contributed by atoms with Gasteiger partial charge in [0.15, 0.2) is 0 Å². The number of fused-ring (bicyclic) bond motifs is 1. The topological polar surface area (TPSA) is 53.1 Å². The molecule has 28 heavy (non-hydrogen) atoms. The third kappa shape index (κ3) is 5.81. The summed E-state index contributed by atoms with van der Waals surface area (Å²) in [5.41, 5.74) is 1.42. The highest BCUT2D eigenvalue weighted by atomic mass is 15.2. The van der Waals surface area contributed by atoms with Crippen LogP contribution >= 0.6 is 0 Å². The molecule has 1 aromatic heterocycles. The quantitative estimate of drug-likeness (QED) is 0.679. The number of rotatable bonds is 7. The Morgan fingerprint density at radius 1 is 1.04 bits per heavy atom. The lowest BCUT2D eigenvalue weighted by atomic mass is 9.86. The minimum absolute atomic E-state index is 0.417. The first-order valence-electron chi connectivity index (χ1n) is 10.7. The number of benzene rings is 1. The van der Waals surface area contributed by atoms with Crippen molar-refractivity contribution in [3.8, 4) is 0 Å². The second-order valence-corrected chi connectivity index (χ2v) is 9.66. The normalized spacial score (nSPS) is 20.3. The molecule has 154 valence electrons. The molecule has 3 rings (SSSR count). The van der Waals surface area contributed by atoms with Gasteiger partial charge in [0.1, 0.15) is 5.82 Å². The van der Waals surface area contributed by atoms with Crippen molar-refractivity contribution in [2.45, 2.75) is 58.9 Å². The molecular formula is C23H37N5. The maximum atomic E-state index is 4.79. The minimum Gasteiger partial charge on any atom is -0.362 e. The van der Waals surface area contributed by atoms with Crippen molar-refractivity contribution in [2.24, 2.45) is 11.3 Å². The average Bonchev–Trinajstić information content (AvgIpc) is 2.65. The Hall–Kier alpha value is -1.88. The number of nitrogens with one attached hydrogen (secondary N) is 2. The second kappa shape index (κ2) is 9.08. The Kier molecular flexibility index (Phi) is 6.76. The number of nitrogens with zero attached hydrogens (tertiary/aromatic N) is 3. The molecule has 5 nitrogen and oxygen atoms in total. The fourth-order valence-electron chi connectivity index (χ4n) is 3.93. The van der Waals surface area contributed by atoms with Gasteiger partial charge in [0.25, 0.3) is 0 Å². The number of hydrogen-bond acceptors (Lipinski definition) is 5. The maximum Gasteiger partial charge on any atom is 0.225 e. The van der Waals surface area contributed by atoms with Gasteiger partial charge in [-0.2, -0.15) is 4.98 Å². The Labute approximate surface area is 170 Å². The third-order valence-electron chi connectivity index (χ3n) is 5.67. The third-order valence-corrected chi connectivity index (χ3v) is 5.67. The van der Waals surface area contributed by atoms with Gasteiger partial charge in [-0.3, -0.25) is 0 Å². The first kappa shape index (κ1) is 20.8. The van der Waals surface area contributed by atoms with Gasteiger partial charge in [0.05, 0.1) is 5.52 Å². The lowest BCUT2D eigenvalue weighted by Gasteiger charge is -2.30. The summed E-state index contributed by atoms with van der Waals surface area (Å²) in [6.07, 6.45) is 6.16. The van der Waals surface area contributed by atoms with Crippen molar-refractivity contribution in [1.29, 1.82) is 0 Å². The molecule has 1 aliphatic carbocycles. The first-order valence-corrected chi connectivity index (χ1v) is 10.7. The highest BCUT2D eigenvalue weighted by molar-refractivity contribution is 5.90. The van der Waals surface area contributed by atoms with E-state index >= 15 is 0 Å². The van der Waals surface area contributed by atoms with Crippen LogP contribution in [0, 0.1) is 11.3 Å². The van der Waals surface area contributed by atoms with E-state index in [1.165, 1.54) is 32.1 Å². The summed E-state index contributed by atoms with van der Waals surface area (Å²) in [6.45, 7) is 9.20. The van der Waals surface area contributed by atoms with Crippen LogP contribution < -0.4 is 15.5 Å². The van der Waals surface area contributed by atoms with E-state index < -0.39 is 0 Å². The van der Waals surface area contributed by atoms with E-state index in [0.717, 1.165) is 41.7 Å². The molecule has 0 amide bonds. The van der Waals surface area contributed by atoms with E-state index in [9.17, 15) is 0 Å². The summed E-state index contributed by atoms with van der Waals surface area (Å²) in [5.74, 6) is 2.53. The SMILES string of the molecule is CN(C)c1nc(N[C@H]2CC[C@@H](CNCCC(C)(C)C)CC2)nc2ccccc12. The monoisotopic (exact) mass is 383 g/mol. The molecule has 2 N–H and O–H groups in total. The van der Waals surface area contributed by atoms with Gasteiger partial charge in [0, 0.05) is 25.5 Å². The largest absolute Gasteiger partial charge is 0.362 e. The zero-order valence-electron chi connectivity index (χ0n) is 18.3. The molecule has 1 aliphatic rings. The highest BCUT2D eigenvalue weighted by Crippen LogP contribution is 2.28. The van der Waals surface area contributed by atoms with Crippen LogP contribution in [-0.2, 0) is 0 Å². The molecule has 0 spiro atoms. The molecule has 1 fully saturated rings. The summed E-state index contributed by atoms with van der Waals surface area (Å²) >= 11 is 0. The molecule has 1 saturated carbocycles. The number of aromatic nitrogens is 2. The van der Waals surface area contributed by atoms with Crippen LogP contribution in [0.25, 0.3) is 10.9 Å². The fourth-order valence-corrected chi connectivity index (χ4v) is 3.93. The predicted molar refractivity (Wildman–Crippen MR) is 120 cm³/mol. The summed E-state index contributed by atoms with van der Waals surface area (Å²) in [5, 5.41) is 8.37. The van der Waals surface area contributed by atoms with Gasteiger partial charge in [-0.15, -0.1) is 0 Å². The van der Waals surface area contributed by atoms with E-state index in [0.29, 0.717) is 11.5 Å². The zero-order valence-corrected chi connectivity index (χ0v) is 18.3. The first-order chi connectivity index (χ1) is 13.3. The Bertz CT molecular complexity index is 757. The summed E-state index contributed by atoms with van der Waals surface area (Å²) in [7, 11) is 4.08. The van der Waals surface area contributed by atoms with E-state index in [1.54, 1.807) is 0 Å². The van der Waals surface area contributed by atoms with Crippen molar-refractivity contribution in [3.63, 3.8) is 0 Å². The van der Waals surface area contributed by atoms with Gasteiger partial charge in [-0.25, -0.2) is 4.98 Å². The van der Waals surface area contributed by atoms with Crippen LogP contribution in [0.4, 0.5) is 11.8 Å². The maximum absolute atomic E-state index is 4.79. The van der Waals surface area contributed by atoms with Gasteiger partial charge in [-0.1, -0.05) is 32.9 Å². The number of anilines is 2. The molecule has 1 heterocycles. The molecule has 0 saturated heterocycles. The van der Waals surface area contributed by atoms with Crippen LogP contribution in [0.15, 0.2) is 24.3 Å². The average molecular weight is 384 g/mol. The van der Waals surface area contributed by atoms with Crippen molar-refractivity contribution in [2.75, 3.05) is 37.4 Å². The van der Waals surface area contributed by atoms with Crippen molar-refractivity contribution < 1.29 is 0 Å². The number of para-hydroxylation sites is 1. The molecule has 0 unspecified atom stereocenters. The Morgan fingerprint density at radius 2 is 1.75 bits per heavy atom.